The summed E-state index contributed by atoms with van der Waals surface area (Å²) in [6.07, 6.45) is 0. The number of hydrogen-bond acceptors (Lipinski definition) is 5. The van der Waals surface area contributed by atoms with Crippen molar-refractivity contribution in [3.05, 3.63) is 70.0 Å². The van der Waals surface area contributed by atoms with Gasteiger partial charge < -0.3 is 15.5 Å². The fourth-order valence-electron chi connectivity index (χ4n) is 2.17. The van der Waals surface area contributed by atoms with E-state index in [0.29, 0.717) is 22.2 Å². The molecule has 3 N–H and O–H groups in total. The SMILES string of the molecule is NC(=O)c1ccc(NC(=O)c2cc3cc([N+](=O)[O-])ccc3o2)cc1. The minimum Gasteiger partial charge on any atom is -0.451 e. The molecule has 3 aromatic rings. The highest BCUT2D eigenvalue weighted by molar-refractivity contribution is 6.05. The Labute approximate surface area is 135 Å². The molecule has 2 aromatic carbocycles. The van der Waals surface area contributed by atoms with E-state index in [0.717, 1.165) is 0 Å². The third-order valence-corrected chi connectivity index (χ3v) is 3.36. The van der Waals surface area contributed by atoms with Gasteiger partial charge in [0.2, 0.25) is 5.91 Å². The second-order valence-corrected chi connectivity index (χ2v) is 4.99. The van der Waals surface area contributed by atoms with E-state index in [9.17, 15) is 19.7 Å². The Hall–Kier alpha value is -3.68. The monoisotopic (exact) mass is 325 g/mol. The van der Waals surface area contributed by atoms with Gasteiger partial charge in [0.15, 0.2) is 5.76 Å². The van der Waals surface area contributed by atoms with Crippen molar-refractivity contribution in [2.75, 3.05) is 5.32 Å². The minimum atomic E-state index is -0.563. The highest BCUT2D eigenvalue weighted by Crippen LogP contribution is 2.24. The molecular formula is C16H11N3O5. The number of nitro groups is 1. The van der Waals surface area contributed by atoms with Crippen LogP contribution in [0.2, 0.25) is 0 Å². The van der Waals surface area contributed by atoms with Crippen LogP contribution in [-0.2, 0) is 0 Å². The van der Waals surface area contributed by atoms with E-state index in [-0.39, 0.29) is 11.4 Å². The van der Waals surface area contributed by atoms with Gasteiger partial charge in [-0.15, -0.1) is 0 Å². The number of benzene rings is 2. The Balaban J connectivity index is 1.83. The van der Waals surface area contributed by atoms with Gasteiger partial charge in [-0.3, -0.25) is 19.7 Å². The number of furan rings is 1. The Morgan fingerprint density at radius 2 is 1.79 bits per heavy atom. The van der Waals surface area contributed by atoms with Gasteiger partial charge in [0.05, 0.1) is 4.92 Å². The Kier molecular flexibility index (Phi) is 3.70. The van der Waals surface area contributed by atoms with Gasteiger partial charge in [0.25, 0.3) is 11.6 Å². The second-order valence-electron chi connectivity index (χ2n) is 4.99. The Morgan fingerprint density at radius 3 is 2.42 bits per heavy atom. The summed E-state index contributed by atoms with van der Waals surface area (Å²) >= 11 is 0. The number of fused-ring (bicyclic) bond motifs is 1. The van der Waals surface area contributed by atoms with Crippen LogP contribution in [0, 0.1) is 10.1 Å². The molecule has 0 saturated carbocycles. The number of nitro benzene ring substituents is 1. The minimum absolute atomic E-state index is 0.0180. The first-order valence-corrected chi connectivity index (χ1v) is 6.83. The Morgan fingerprint density at radius 1 is 1.08 bits per heavy atom. The normalized spacial score (nSPS) is 10.5. The number of amides is 2. The molecule has 3 rings (SSSR count). The van der Waals surface area contributed by atoms with Crippen molar-refractivity contribution in [2.24, 2.45) is 5.73 Å². The van der Waals surface area contributed by atoms with E-state index in [1.54, 1.807) is 0 Å². The van der Waals surface area contributed by atoms with Crippen LogP contribution >= 0.6 is 0 Å². The van der Waals surface area contributed by atoms with Gasteiger partial charge in [0.1, 0.15) is 5.58 Å². The van der Waals surface area contributed by atoms with E-state index in [4.69, 9.17) is 10.2 Å². The van der Waals surface area contributed by atoms with E-state index < -0.39 is 16.7 Å². The standard InChI is InChI=1S/C16H11N3O5/c17-15(20)9-1-3-11(4-2-9)18-16(21)14-8-10-7-12(19(22)23)5-6-13(10)24-14/h1-8H,(H2,17,20)(H,18,21). The molecule has 1 heterocycles. The maximum absolute atomic E-state index is 12.2. The van der Waals surface area contributed by atoms with Crippen molar-refractivity contribution in [3.8, 4) is 0 Å². The summed E-state index contributed by atoms with van der Waals surface area (Å²) in [6, 6.07) is 11.5. The molecule has 1 aromatic heterocycles. The lowest BCUT2D eigenvalue weighted by atomic mass is 10.2. The smallest absolute Gasteiger partial charge is 0.291 e. The predicted octanol–water partition coefficient (Wildman–Crippen LogP) is 2.69. The third-order valence-electron chi connectivity index (χ3n) is 3.36. The number of non-ortho nitro benzene ring substituents is 1. The summed E-state index contributed by atoms with van der Waals surface area (Å²) in [4.78, 5) is 33.4. The number of carbonyl (C=O) groups is 2. The van der Waals surface area contributed by atoms with Crippen LogP contribution in [0.25, 0.3) is 11.0 Å². The zero-order valence-corrected chi connectivity index (χ0v) is 12.2. The van der Waals surface area contributed by atoms with Crippen LogP contribution in [0.5, 0.6) is 0 Å². The summed E-state index contributed by atoms with van der Waals surface area (Å²) in [5, 5.41) is 13.8. The number of rotatable bonds is 4. The van der Waals surface area contributed by atoms with E-state index in [2.05, 4.69) is 5.32 Å². The maximum Gasteiger partial charge on any atom is 0.291 e. The number of nitrogens with zero attached hydrogens (tertiary/aromatic N) is 1. The molecule has 0 aliphatic rings. The number of anilines is 1. The number of nitrogens with one attached hydrogen (secondary N) is 1. The zero-order chi connectivity index (χ0) is 17.3. The third kappa shape index (κ3) is 2.93. The van der Waals surface area contributed by atoms with Crippen molar-refractivity contribution >= 4 is 34.2 Å². The average Bonchev–Trinajstić information content (AvgIpc) is 2.98. The molecule has 0 unspecified atom stereocenters. The average molecular weight is 325 g/mol. The molecule has 0 atom stereocenters. The summed E-state index contributed by atoms with van der Waals surface area (Å²) in [6.45, 7) is 0. The van der Waals surface area contributed by atoms with Crippen LogP contribution in [-0.4, -0.2) is 16.7 Å². The van der Waals surface area contributed by atoms with Crippen molar-refractivity contribution < 1.29 is 18.9 Å². The summed E-state index contributed by atoms with van der Waals surface area (Å²) in [7, 11) is 0. The van der Waals surface area contributed by atoms with Crippen molar-refractivity contribution in [1.82, 2.24) is 0 Å². The molecule has 2 amide bonds. The van der Waals surface area contributed by atoms with Crippen LogP contribution in [0.4, 0.5) is 11.4 Å². The molecule has 8 nitrogen and oxygen atoms in total. The van der Waals surface area contributed by atoms with Crippen LogP contribution in [0.15, 0.2) is 52.9 Å². The van der Waals surface area contributed by atoms with Gasteiger partial charge in [-0.25, -0.2) is 0 Å². The van der Waals surface area contributed by atoms with Gasteiger partial charge in [0, 0.05) is 28.8 Å². The summed E-state index contributed by atoms with van der Waals surface area (Å²) < 4.78 is 5.39. The second kappa shape index (κ2) is 5.84. The van der Waals surface area contributed by atoms with Gasteiger partial charge in [-0.05, 0) is 36.4 Å². The molecule has 120 valence electrons. The first-order chi connectivity index (χ1) is 11.4. The molecule has 0 spiro atoms. The molecule has 8 heteroatoms. The zero-order valence-electron chi connectivity index (χ0n) is 12.2. The number of primary amides is 1. The van der Waals surface area contributed by atoms with E-state index in [1.165, 1.54) is 48.5 Å². The number of carbonyl (C=O) groups excluding carboxylic acids is 2. The number of nitrogens with two attached hydrogens (primary N) is 1. The van der Waals surface area contributed by atoms with Crippen LogP contribution in [0.1, 0.15) is 20.9 Å². The molecule has 0 fully saturated rings. The van der Waals surface area contributed by atoms with Gasteiger partial charge >= 0.3 is 0 Å². The lowest BCUT2D eigenvalue weighted by Crippen LogP contribution is -2.12. The molecule has 0 aliphatic carbocycles. The van der Waals surface area contributed by atoms with Crippen molar-refractivity contribution in [3.63, 3.8) is 0 Å². The van der Waals surface area contributed by atoms with Crippen LogP contribution < -0.4 is 11.1 Å². The first-order valence-electron chi connectivity index (χ1n) is 6.83. The Bertz CT molecular complexity index is 960. The quantitative estimate of drug-likeness (QED) is 0.563. The largest absolute Gasteiger partial charge is 0.451 e. The van der Waals surface area contributed by atoms with Crippen LogP contribution in [0.3, 0.4) is 0 Å². The summed E-state index contributed by atoms with van der Waals surface area (Å²) in [5.74, 6) is -1.06. The molecule has 24 heavy (non-hydrogen) atoms. The topological polar surface area (TPSA) is 128 Å². The maximum atomic E-state index is 12.2. The lowest BCUT2D eigenvalue weighted by Gasteiger charge is -2.03. The molecule has 0 saturated heterocycles. The fraction of sp³-hybridized carbons (Fsp3) is 0. The highest BCUT2D eigenvalue weighted by Gasteiger charge is 2.15. The van der Waals surface area contributed by atoms with Gasteiger partial charge in [-0.1, -0.05) is 0 Å². The predicted molar refractivity (Wildman–Crippen MR) is 85.8 cm³/mol. The first kappa shape index (κ1) is 15.2. The molecule has 0 radical (unpaired) electrons. The molecule has 0 aliphatic heterocycles. The fourth-order valence-corrected chi connectivity index (χ4v) is 2.17. The highest BCUT2D eigenvalue weighted by atomic mass is 16.6. The lowest BCUT2D eigenvalue weighted by molar-refractivity contribution is -0.384. The van der Waals surface area contributed by atoms with Crippen molar-refractivity contribution in [1.29, 1.82) is 0 Å². The van der Waals surface area contributed by atoms with Gasteiger partial charge in [-0.2, -0.15) is 0 Å². The van der Waals surface area contributed by atoms with E-state index in [1.807, 2.05) is 0 Å². The molecular weight excluding hydrogens is 314 g/mol. The van der Waals surface area contributed by atoms with Crippen molar-refractivity contribution in [2.45, 2.75) is 0 Å². The summed E-state index contributed by atoms with van der Waals surface area (Å²) in [5.41, 5.74) is 6.21. The van der Waals surface area contributed by atoms with E-state index >= 15 is 0 Å². The molecule has 0 bridgehead atoms. The number of hydrogen-bond donors (Lipinski definition) is 2.